The lowest BCUT2D eigenvalue weighted by molar-refractivity contribution is -0.136. The third kappa shape index (κ3) is 7.18. The molecule has 6 aromatic rings. The van der Waals surface area contributed by atoms with E-state index in [0.29, 0.717) is 42.7 Å². The summed E-state index contributed by atoms with van der Waals surface area (Å²) in [6.07, 6.45) is 12.6. The van der Waals surface area contributed by atoms with Crippen LogP contribution in [0.2, 0.25) is 0 Å². The standard InChI is InChI=1S/C44H37N7O7/c1-50-36-15-16-45-25-35(36)32-10-7-26(18-38(32)50)27-8-14-41(48-22-27)58-30-19-29(20-30)57-31-23-46-39(47-24-31)6-4-2-3-5-17-56-28-9-11-33-34(21-28)44(55)51(43(33)54)37-12-13-40(52)49-42(37)53/h7-11,14-16,18,21-25,29-30,37H,2-3,5,12-13,17,19-20H2,1H3,(H,49,52,53). The van der Waals surface area contributed by atoms with Crippen molar-refractivity contribution in [2.24, 2.45) is 7.05 Å². The van der Waals surface area contributed by atoms with Gasteiger partial charge in [-0.05, 0) is 67.1 Å². The first-order chi connectivity index (χ1) is 28.3. The number of carbonyl (C=O) groups is 4. The zero-order valence-corrected chi connectivity index (χ0v) is 31.5. The molecule has 14 nitrogen and oxygen atoms in total. The number of hydrogen-bond donors (Lipinski definition) is 1. The average molecular weight is 776 g/mol. The van der Waals surface area contributed by atoms with Crippen molar-refractivity contribution in [3.05, 3.63) is 103 Å². The summed E-state index contributed by atoms with van der Waals surface area (Å²) >= 11 is 0. The van der Waals surface area contributed by atoms with Crippen LogP contribution in [-0.2, 0) is 16.6 Å². The number of nitrogens with one attached hydrogen (secondary N) is 1. The van der Waals surface area contributed by atoms with E-state index in [1.54, 1.807) is 18.5 Å². The molecule has 2 fully saturated rings. The van der Waals surface area contributed by atoms with E-state index in [1.165, 1.54) is 17.5 Å². The van der Waals surface area contributed by atoms with E-state index in [4.69, 9.17) is 14.2 Å². The van der Waals surface area contributed by atoms with Gasteiger partial charge in [0.1, 0.15) is 24.0 Å². The highest BCUT2D eigenvalue weighted by molar-refractivity contribution is 6.23. The van der Waals surface area contributed by atoms with Crippen molar-refractivity contribution >= 4 is 45.4 Å². The third-order valence-electron chi connectivity index (χ3n) is 10.7. The predicted molar refractivity (Wildman–Crippen MR) is 211 cm³/mol. The van der Waals surface area contributed by atoms with Gasteiger partial charge in [0.15, 0.2) is 5.75 Å². The molecule has 14 heteroatoms. The summed E-state index contributed by atoms with van der Waals surface area (Å²) in [7, 11) is 2.07. The van der Waals surface area contributed by atoms with Gasteiger partial charge < -0.3 is 18.8 Å². The number of rotatable bonds is 11. The number of imide groups is 2. The molecule has 1 atom stereocenters. The molecule has 4 amide bonds. The minimum atomic E-state index is -1.01. The predicted octanol–water partition coefficient (Wildman–Crippen LogP) is 5.57. The second-order valence-corrected chi connectivity index (χ2v) is 14.5. The van der Waals surface area contributed by atoms with Crippen molar-refractivity contribution < 1.29 is 33.4 Å². The monoisotopic (exact) mass is 775 g/mol. The van der Waals surface area contributed by atoms with Gasteiger partial charge in [-0.1, -0.05) is 18.1 Å². The number of fused-ring (bicyclic) bond motifs is 4. The van der Waals surface area contributed by atoms with E-state index in [2.05, 4.69) is 66.9 Å². The average Bonchev–Trinajstić information content (AvgIpc) is 3.65. The normalized spacial score (nSPS) is 18.7. The lowest BCUT2D eigenvalue weighted by Gasteiger charge is -2.34. The van der Waals surface area contributed by atoms with Crippen LogP contribution in [0.3, 0.4) is 0 Å². The molecule has 0 radical (unpaired) electrons. The molecular formula is C44H37N7O7. The number of aromatic nitrogens is 5. The Morgan fingerprint density at radius 3 is 2.40 bits per heavy atom. The molecular weight excluding hydrogens is 739 g/mol. The highest BCUT2D eigenvalue weighted by atomic mass is 16.5. The molecule has 58 heavy (non-hydrogen) atoms. The maximum Gasteiger partial charge on any atom is 0.262 e. The summed E-state index contributed by atoms with van der Waals surface area (Å²) in [5.41, 5.74) is 4.79. The van der Waals surface area contributed by atoms with Crippen LogP contribution in [0.5, 0.6) is 17.4 Å². The van der Waals surface area contributed by atoms with Crippen molar-refractivity contribution in [1.82, 2.24) is 34.7 Å². The third-order valence-corrected chi connectivity index (χ3v) is 10.7. The topological polar surface area (TPSA) is 168 Å². The summed E-state index contributed by atoms with van der Waals surface area (Å²) in [5.74, 6) is 5.91. The first-order valence-electron chi connectivity index (χ1n) is 19.2. The molecule has 1 saturated carbocycles. The van der Waals surface area contributed by atoms with Gasteiger partial charge >= 0.3 is 0 Å². The minimum Gasteiger partial charge on any atom is -0.494 e. The second-order valence-electron chi connectivity index (χ2n) is 14.5. The molecule has 1 unspecified atom stereocenters. The Balaban J connectivity index is 0.683. The van der Waals surface area contributed by atoms with Crippen LogP contribution in [0.1, 0.15) is 71.5 Å². The summed E-state index contributed by atoms with van der Waals surface area (Å²) in [6, 6.07) is 16.1. The Morgan fingerprint density at radius 1 is 0.776 bits per heavy atom. The lowest BCUT2D eigenvalue weighted by Crippen LogP contribution is -2.54. The number of piperidine rings is 1. The summed E-state index contributed by atoms with van der Waals surface area (Å²) in [6.45, 7) is 0.389. The zero-order chi connectivity index (χ0) is 39.8. The second kappa shape index (κ2) is 15.4. The summed E-state index contributed by atoms with van der Waals surface area (Å²) < 4.78 is 20.2. The van der Waals surface area contributed by atoms with E-state index in [1.807, 2.05) is 36.8 Å². The number of unbranched alkanes of at least 4 members (excludes halogenated alkanes) is 2. The van der Waals surface area contributed by atoms with Crippen LogP contribution < -0.4 is 19.5 Å². The Hall–Kier alpha value is -7.14. The van der Waals surface area contributed by atoms with Crippen LogP contribution >= 0.6 is 0 Å². The van der Waals surface area contributed by atoms with Gasteiger partial charge in [-0.15, -0.1) is 0 Å². The van der Waals surface area contributed by atoms with Gasteiger partial charge in [0.2, 0.25) is 23.5 Å². The molecule has 2 aliphatic heterocycles. The van der Waals surface area contributed by atoms with E-state index in [0.717, 1.165) is 51.7 Å². The number of benzene rings is 2. The molecule has 1 saturated heterocycles. The molecule has 1 N–H and O–H groups in total. The number of hydrogen-bond acceptors (Lipinski definition) is 11. The van der Waals surface area contributed by atoms with Gasteiger partial charge in [-0.2, -0.15) is 0 Å². The fourth-order valence-corrected chi connectivity index (χ4v) is 7.56. The number of ether oxygens (including phenoxy) is 3. The molecule has 1 aliphatic carbocycles. The molecule has 2 aromatic carbocycles. The Labute approximate surface area is 332 Å². The van der Waals surface area contributed by atoms with Crippen molar-refractivity contribution in [2.75, 3.05) is 6.61 Å². The first-order valence-corrected chi connectivity index (χ1v) is 19.2. The van der Waals surface area contributed by atoms with Crippen LogP contribution in [0.15, 0.2) is 85.6 Å². The lowest BCUT2D eigenvalue weighted by atomic mass is 9.92. The van der Waals surface area contributed by atoms with Gasteiger partial charge in [-0.25, -0.2) is 15.0 Å². The quantitative estimate of drug-likeness (QED) is 0.0993. The SMILES string of the molecule is Cn1c2ccncc2c2ccc(-c3ccc(OC4CC(Oc5cnc(C#CCCCCOc6ccc7c(c6)C(=O)N(C6CCC(=O)NC6=O)C7=O)nc5)C4)nc3)cc21. The van der Waals surface area contributed by atoms with Crippen molar-refractivity contribution in [1.29, 1.82) is 0 Å². The van der Waals surface area contributed by atoms with E-state index < -0.39 is 29.7 Å². The maximum absolute atomic E-state index is 13.0. The fourth-order valence-electron chi connectivity index (χ4n) is 7.56. The molecule has 4 aromatic heterocycles. The number of pyridine rings is 2. The van der Waals surface area contributed by atoms with Crippen molar-refractivity contribution in [3.63, 3.8) is 0 Å². The smallest absolute Gasteiger partial charge is 0.262 e. The molecule has 0 spiro atoms. The summed E-state index contributed by atoms with van der Waals surface area (Å²) in [4.78, 5) is 68.2. The number of carbonyl (C=O) groups excluding carboxylic acids is 4. The van der Waals surface area contributed by atoms with Crippen molar-refractivity contribution in [2.45, 2.75) is 63.2 Å². The minimum absolute atomic E-state index is 0.00191. The Kier molecular flexibility index (Phi) is 9.70. The number of aryl methyl sites for hydroxylation is 1. The van der Waals surface area contributed by atoms with Gasteiger partial charge in [0, 0.05) is 79.2 Å². The maximum atomic E-state index is 13.0. The largest absolute Gasteiger partial charge is 0.494 e. The molecule has 290 valence electrons. The van der Waals surface area contributed by atoms with Crippen molar-refractivity contribution in [3.8, 4) is 40.3 Å². The van der Waals surface area contributed by atoms with Crippen LogP contribution in [0.4, 0.5) is 0 Å². The van der Waals surface area contributed by atoms with Gasteiger partial charge in [-0.3, -0.25) is 34.4 Å². The molecule has 3 aliphatic rings. The zero-order valence-electron chi connectivity index (χ0n) is 31.5. The van der Waals surface area contributed by atoms with Crippen LogP contribution in [-0.4, -0.2) is 77.9 Å². The Bertz CT molecular complexity index is 2660. The molecule has 9 rings (SSSR count). The van der Waals surface area contributed by atoms with E-state index >= 15 is 0 Å². The highest BCUT2D eigenvalue weighted by Crippen LogP contribution is 2.34. The van der Waals surface area contributed by atoms with Crippen LogP contribution in [0.25, 0.3) is 32.9 Å². The number of nitrogens with zero attached hydrogens (tertiary/aromatic N) is 6. The van der Waals surface area contributed by atoms with Gasteiger partial charge in [0.05, 0.1) is 35.6 Å². The fraction of sp³-hybridized carbons (Fsp3) is 0.273. The Morgan fingerprint density at radius 2 is 1.59 bits per heavy atom. The van der Waals surface area contributed by atoms with Crippen LogP contribution in [0, 0.1) is 11.8 Å². The molecule has 0 bridgehead atoms. The molecule has 6 heterocycles. The van der Waals surface area contributed by atoms with E-state index in [-0.39, 0.29) is 36.2 Å². The van der Waals surface area contributed by atoms with Gasteiger partial charge in [0.25, 0.3) is 11.8 Å². The first kappa shape index (κ1) is 36.5. The summed E-state index contributed by atoms with van der Waals surface area (Å²) in [5, 5.41) is 4.51. The van der Waals surface area contributed by atoms with E-state index in [9.17, 15) is 19.2 Å². The highest BCUT2D eigenvalue weighted by Gasteiger charge is 2.44. The number of amides is 4.